The molecule has 2 saturated heterocycles. The van der Waals surface area contributed by atoms with E-state index in [1.807, 2.05) is 0 Å². The molecule has 0 bridgehead atoms. The van der Waals surface area contributed by atoms with Gasteiger partial charge < -0.3 is 15.0 Å². The van der Waals surface area contributed by atoms with Crippen molar-refractivity contribution >= 4 is 18.3 Å². The third kappa shape index (κ3) is 5.60. The molecule has 1 aliphatic carbocycles. The number of piperidine rings is 2. The third-order valence-corrected chi connectivity index (χ3v) is 6.12. The molecule has 0 radical (unpaired) electrons. The van der Waals surface area contributed by atoms with Gasteiger partial charge in [0.1, 0.15) is 0 Å². The van der Waals surface area contributed by atoms with Gasteiger partial charge in [-0.05, 0) is 63.5 Å². The molecular weight excluding hydrogens is 324 g/mol. The van der Waals surface area contributed by atoms with Gasteiger partial charge in [0, 0.05) is 19.5 Å². The Bertz CT molecular complexity index is 374. The first-order valence-electron chi connectivity index (χ1n) is 9.86. The molecule has 3 aliphatic rings. The van der Waals surface area contributed by atoms with Gasteiger partial charge >= 0.3 is 0 Å². The number of hydrogen-bond donors (Lipinski definition) is 1. The fourth-order valence-corrected chi connectivity index (χ4v) is 4.47. The van der Waals surface area contributed by atoms with Gasteiger partial charge in [0.25, 0.3) is 0 Å². The maximum Gasteiger partial charge on any atom is 0.222 e. The van der Waals surface area contributed by atoms with E-state index in [-0.39, 0.29) is 12.4 Å². The van der Waals surface area contributed by atoms with Crippen molar-refractivity contribution in [1.82, 2.24) is 10.2 Å². The van der Waals surface area contributed by atoms with Crippen LogP contribution in [-0.4, -0.2) is 49.2 Å². The zero-order valence-corrected chi connectivity index (χ0v) is 16.0. The number of carbonyl (C=O) groups excluding carboxylic acids is 1. The molecule has 3 rings (SSSR count). The molecule has 1 amide bonds. The van der Waals surface area contributed by atoms with Crippen LogP contribution < -0.4 is 5.32 Å². The predicted octanol–water partition coefficient (Wildman–Crippen LogP) is 3.38. The molecule has 4 nitrogen and oxygen atoms in total. The van der Waals surface area contributed by atoms with Gasteiger partial charge in [0.2, 0.25) is 5.91 Å². The molecule has 0 aromatic heterocycles. The lowest BCUT2D eigenvalue weighted by molar-refractivity contribution is -0.136. The highest BCUT2D eigenvalue weighted by Gasteiger charge is 2.28. The third-order valence-electron chi connectivity index (χ3n) is 6.12. The largest absolute Gasteiger partial charge is 0.375 e. The van der Waals surface area contributed by atoms with Crippen molar-refractivity contribution in [2.45, 2.75) is 76.9 Å². The Kier molecular flexibility index (Phi) is 8.32. The highest BCUT2D eigenvalue weighted by molar-refractivity contribution is 5.85. The summed E-state index contributed by atoms with van der Waals surface area (Å²) in [6.07, 6.45) is 11.3. The fraction of sp³-hybridized carbons (Fsp3) is 0.947. The Hall–Kier alpha value is -0.320. The van der Waals surface area contributed by atoms with E-state index < -0.39 is 0 Å². The van der Waals surface area contributed by atoms with Crippen molar-refractivity contribution < 1.29 is 9.53 Å². The molecule has 0 aromatic rings. The maximum absolute atomic E-state index is 12.6. The van der Waals surface area contributed by atoms with Gasteiger partial charge in [-0.15, -0.1) is 12.4 Å². The number of halogens is 1. The lowest BCUT2D eigenvalue weighted by Gasteiger charge is -2.35. The van der Waals surface area contributed by atoms with Gasteiger partial charge in [0.15, 0.2) is 0 Å². The quantitative estimate of drug-likeness (QED) is 0.819. The zero-order chi connectivity index (χ0) is 16.1. The standard InChI is InChI=1S/C19H34N2O2.ClH/c1-15(16-5-4-10-20-14-16)13-19(22)21-11-8-18(9-12-21)23-17-6-2-3-7-17;/h15-18,20H,2-14H2,1H3;1H. The van der Waals surface area contributed by atoms with E-state index in [0.717, 1.165) is 45.4 Å². The van der Waals surface area contributed by atoms with Crippen LogP contribution in [-0.2, 0) is 9.53 Å². The molecule has 140 valence electrons. The van der Waals surface area contributed by atoms with Crippen molar-refractivity contribution in [2.75, 3.05) is 26.2 Å². The minimum atomic E-state index is 0. The molecule has 3 fully saturated rings. The second-order valence-electron chi connectivity index (χ2n) is 7.91. The number of amides is 1. The average molecular weight is 359 g/mol. The Morgan fingerprint density at radius 2 is 1.75 bits per heavy atom. The number of rotatable bonds is 5. The summed E-state index contributed by atoms with van der Waals surface area (Å²) in [5.41, 5.74) is 0. The van der Waals surface area contributed by atoms with Crippen LogP contribution in [0.4, 0.5) is 0 Å². The van der Waals surface area contributed by atoms with Crippen LogP contribution in [0.25, 0.3) is 0 Å². The maximum atomic E-state index is 12.6. The average Bonchev–Trinajstić information content (AvgIpc) is 3.09. The monoisotopic (exact) mass is 358 g/mol. The first-order valence-corrected chi connectivity index (χ1v) is 9.86. The summed E-state index contributed by atoms with van der Waals surface area (Å²) in [5, 5.41) is 3.47. The van der Waals surface area contributed by atoms with E-state index in [1.165, 1.54) is 38.5 Å². The lowest BCUT2D eigenvalue weighted by Crippen LogP contribution is -2.43. The Labute approximate surface area is 153 Å². The second-order valence-corrected chi connectivity index (χ2v) is 7.91. The first kappa shape index (κ1) is 20.0. The summed E-state index contributed by atoms with van der Waals surface area (Å²) in [5.74, 6) is 1.54. The van der Waals surface area contributed by atoms with Crippen LogP contribution in [0.15, 0.2) is 0 Å². The molecule has 5 heteroatoms. The van der Waals surface area contributed by atoms with Gasteiger partial charge in [0.05, 0.1) is 12.2 Å². The number of hydrogen-bond acceptors (Lipinski definition) is 3. The predicted molar refractivity (Wildman–Crippen MR) is 99.6 cm³/mol. The molecule has 1 saturated carbocycles. The summed E-state index contributed by atoms with van der Waals surface area (Å²) in [7, 11) is 0. The van der Waals surface area contributed by atoms with Crippen molar-refractivity contribution in [3.8, 4) is 0 Å². The minimum Gasteiger partial charge on any atom is -0.375 e. The summed E-state index contributed by atoms with van der Waals surface area (Å²) < 4.78 is 6.21. The van der Waals surface area contributed by atoms with Crippen molar-refractivity contribution in [1.29, 1.82) is 0 Å². The minimum absolute atomic E-state index is 0. The summed E-state index contributed by atoms with van der Waals surface area (Å²) in [4.78, 5) is 14.7. The number of nitrogens with zero attached hydrogens (tertiary/aromatic N) is 1. The SMILES string of the molecule is CC(CC(=O)N1CCC(OC2CCCC2)CC1)C1CCCNC1.Cl. The molecule has 0 aromatic carbocycles. The van der Waals surface area contributed by atoms with Crippen molar-refractivity contribution in [3.05, 3.63) is 0 Å². The van der Waals surface area contributed by atoms with Crippen LogP contribution in [0.5, 0.6) is 0 Å². The van der Waals surface area contributed by atoms with Crippen LogP contribution in [0, 0.1) is 11.8 Å². The number of nitrogens with one attached hydrogen (secondary N) is 1. The Morgan fingerprint density at radius 1 is 1.08 bits per heavy atom. The number of ether oxygens (including phenoxy) is 1. The van der Waals surface area contributed by atoms with Crippen LogP contribution in [0.2, 0.25) is 0 Å². The highest BCUT2D eigenvalue weighted by atomic mass is 35.5. The van der Waals surface area contributed by atoms with E-state index in [0.29, 0.717) is 30.0 Å². The van der Waals surface area contributed by atoms with E-state index in [4.69, 9.17) is 4.74 Å². The smallest absolute Gasteiger partial charge is 0.222 e. The van der Waals surface area contributed by atoms with E-state index in [2.05, 4.69) is 17.1 Å². The van der Waals surface area contributed by atoms with E-state index in [1.54, 1.807) is 0 Å². The normalized spacial score (nSPS) is 27.7. The summed E-state index contributed by atoms with van der Waals surface area (Å²) >= 11 is 0. The Balaban J connectivity index is 0.00000208. The van der Waals surface area contributed by atoms with Gasteiger partial charge in [-0.3, -0.25) is 4.79 Å². The molecule has 1 N–H and O–H groups in total. The van der Waals surface area contributed by atoms with Crippen LogP contribution in [0.1, 0.15) is 64.7 Å². The Morgan fingerprint density at radius 3 is 2.38 bits per heavy atom. The van der Waals surface area contributed by atoms with Gasteiger partial charge in [-0.2, -0.15) is 0 Å². The molecule has 2 aliphatic heterocycles. The number of carbonyl (C=O) groups is 1. The summed E-state index contributed by atoms with van der Waals surface area (Å²) in [6, 6.07) is 0. The summed E-state index contributed by atoms with van der Waals surface area (Å²) in [6.45, 7) is 6.28. The molecule has 2 heterocycles. The highest BCUT2D eigenvalue weighted by Crippen LogP contribution is 2.27. The van der Waals surface area contributed by atoms with Gasteiger partial charge in [-0.1, -0.05) is 19.8 Å². The number of likely N-dealkylation sites (tertiary alicyclic amines) is 1. The fourth-order valence-electron chi connectivity index (χ4n) is 4.47. The van der Waals surface area contributed by atoms with Crippen molar-refractivity contribution in [3.63, 3.8) is 0 Å². The molecule has 2 atom stereocenters. The van der Waals surface area contributed by atoms with Crippen molar-refractivity contribution in [2.24, 2.45) is 11.8 Å². The van der Waals surface area contributed by atoms with E-state index in [9.17, 15) is 4.79 Å². The molecule has 2 unspecified atom stereocenters. The lowest BCUT2D eigenvalue weighted by atomic mass is 9.85. The topological polar surface area (TPSA) is 41.6 Å². The molecule has 24 heavy (non-hydrogen) atoms. The molecule has 0 spiro atoms. The van der Waals surface area contributed by atoms with Crippen LogP contribution in [0.3, 0.4) is 0 Å². The van der Waals surface area contributed by atoms with E-state index >= 15 is 0 Å². The zero-order valence-electron chi connectivity index (χ0n) is 15.2. The van der Waals surface area contributed by atoms with Crippen LogP contribution >= 0.6 is 12.4 Å². The molecular formula is C19H35ClN2O2. The van der Waals surface area contributed by atoms with Gasteiger partial charge in [-0.25, -0.2) is 0 Å². The second kappa shape index (κ2) is 9.98. The first-order chi connectivity index (χ1) is 11.2.